The standard InChI is InChI=1S/C16H17BrFNO/c1-10-3-5-14(18)7-12(10)9-20-16-8-13(17)4-6-15(16)11(2)19/h3-8,11H,9,19H2,1-2H3/t11-/m1/s1. The minimum atomic E-state index is -0.254. The van der Waals surface area contributed by atoms with Gasteiger partial charge in [0.05, 0.1) is 0 Å². The molecule has 0 amide bonds. The molecule has 0 saturated carbocycles. The summed E-state index contributed by atoms with van der Waals surface area (Å²) in [5, 5.41) is 0. The van der Waals surface area contributed by atoms with Gasteiger partial charge in [-0.05, 0) is 49.2 Å². The third-order valence-corrected chi connectivity index (χ3v) is 3.65. The van der Waals surface area contributed by atoms with Crippen LogP contribution in [0.2, 0.25) is 0 Å². The number of rotatable bonds is 4. The van der Waals surface area contributed by atoms with Crippen molar-refractivity contribution in [3.63, 3.8) is 0 Å². The second-order valence-electron chi connectivity index (χ2n) is 4.83. The van der Waals surface area contributed by atoms with Gasteiger partial charge in [0, 0.05) is 16.1 Å². The number of aryl methyl sites for hydroxylation is 1. The molecule has 0 aromatic heterocycles. The summed E-state index contributed by atoms with van der Waals surface area (Å²) in [6.45, 7) is 4.16. The molecule has 1 atom stereocenters. The Morgan fingerprint density at radius 1 is 1.25 bits per heavy atom. The molecule has 0 bridgehead atoms. The van der Waals surface area contributed by atoms with E-state index in [0.29, 0.717) is 6.61 Å². The molecule has 0 aliphatic heterocycles. The van der Waals surface area contributed by atoms with Crippen LogP contribution in [0, 0.1) is 12.7 Å². The van der Waals surface area contributed by atoms with E-state index >= 15 is 0 Å². The predicted octanol–water partition coefficient (Wildman–Crippen LogP) is 4.50. The summed E-state index contributed by atoms with van der Waals surface area (Å²) in [5.41, 5.74) is 8.70. The number of benzene rings is 2. The van der Waals surface area contributed by atoms with Gasteiger partial charge in [0.2, 0.25) is 0 Å². The number of halogens is 2. The average Bonchev–Trinajstić information content (AvgIpc) is 2.39. The summed E-state index contributed by atoms with van der Waals surface area (Å²) in [6, 6.07) is 10.3. The zero-order valence-electron chi connectivity index (χ0n) is 11.5. The van der Waals surface area contributed by atoms with Gasteiger partial charge in [-0.3, -0.25) is 0 Å². The normalized spacial score (nSPS) is 12.2. The Morgan fingerprint density at radius 2 is 2.00 bits per heavy atom. The molecule has 0 unspecified atom stereocenters. The highest BCUT2D eigenvalue weighted by Crippen LogP contribution is 2.28. The lowest BCUT2D eigenvalue weighted by Crippen LogP contribution is -2.08. The van der Waals surface area contributed by atoms with Gasteiger partial charge < -0.3 is 10.5 Å². The molecule has 0 fully saturated rings. The first-order chi connectivity index (χ1) is 9.47. The van der Waals surface area contributed by atoms with Gasteiger partial charge >= 0.3 is 0 Å². The largest absolute Gasteiger partial charge is 0.489 e. The molecule has 0 saturated heterocycles. The van der Waals surface area contributed by atoms with Crippen LogP contribution in [-0.4, -0.2) is 0 Å². The molecule has 2 aromatic carbocycles. The minimum Gasteiger partial charge on any atom is -0.489 e. The van der Waals surface area contributed by atoms with E-state index in [4.69, 9.17) is 10.5 Å². The summed E-state index contributed by atoms with van der Waals surface area (Å²) in [6.07, 6.45) is 0. The Morgan fingerprint density at radius 3 is 2.70 bits per heavy atom. The summed E-state index contributed by atoms with van der Waals surface area (Å²) in [7, 11) is 0. The molecule has 2 nitrogen and oxygen atoms in total. The molecule has 2 aromatic rings. The van der Waals surface area contributed by atoms with Gasteiger partial charge in [0.15, 0.2) is 0 Å². The number of hydrogen-bond donors (Lipinski definition) is 1. The van der Waals surface area contributed by atoms with Crippen molar-refractivity contribution in [2.75, 3.05) is 0 Å². The SMILES string of the molecule is Cc1ccc(F)cc1COc1cc(Br)ccc1[C@@H](C)N. The van der Waals surface area contributed by atoms with Crippen LogP contribution < -0.4 is 10.5 Å². The van der Waals surface area contributed by atoms with E-state index in [1.165, 1.54) is 12.1 Å². The smallest absolute Gasteiger partial charge is 0.125 e. The van der Waals surface area contributed by atoms with Crippen LogP contribution in [0.5, 0.6) is 5.75 Å². The van der Waals surface area contributed by atoms with E-state index in [1.807, 2.05) is 32.0 Å². The Labute approximate surface area is 126 Å². The summed E-state index contributed by atoms with van der Waals surface area (Å²) >= 11 is 3.42. The highest BCUT2D eigenvalue weighted by molar-refractivity contribution is 9.10. The van der Waals surface area contributed by atoms with Crippen LogP contribution in [0.3, 0.4) is 0 Å². The van der Waals surface area contributed by atoms with Crippen LogP contribution in [0.25, 0.3) is 0 Å². The molecular weight excluding hydrogens is 321 g/mol. The first-order valence-electron chi connectivity index (χ1n) is 6.40. The van der Waals surface area contributed by atoms with Crippen molar-refractivity contribution in [3.05, 3.63) is 63.4 Å². The van der Waals surface area contributed by atoms with E-state index in [0.717, 1.165) is 26.9 Å². The van der Waals surface area contributed by atoms with Gasteiger partial charge in [-0.1, -0.05) is 28.1 Å². The third-order valence-electron chi connectivity index (χ3n) is 3.16. The Kier molecular flexibility index (Phi) is 4.78. The van der Waals surface area contributed by atoms with Crippen molar-refractivity contribution in [1.82, 2.24) is 0 Å². The van der Waals surface area contributed by atoms with Gasteiger partial charge in [0.25, 0.3) is 0 Å². The van der Waals surface area contributed by atoms with E-state index < -0.39 is 0 Å². The highest BCUT2D eigenvalue weighted by atomic mass is 79.9. The lowest BCUT2D eigenvalue weighted by molar-refractivity contribution is 0.300. The maximum absolute atomic E-state index is 13.3. The Balaban J connectivity index is 2.22. The van der Waals surface area contributed by atoms with Crippen molar-refractivity contribution in [1.29, 1.82) is 0 Å². The summed E-state index contributed by atoms with van der Waals surface area (Å²) in [5.74, 6) is 0.467. The first kappa shape index (κ1) is 15.0. The number of hydrogen-bond acceptors (Lipinski definition) is 2. The maximum atomic E-state index is 13.3. The Hall–Kier alpha value is -1.39. The van der Waals surface area contributed by atoms with Crippen LogP contribution in [0.15, 0.2) is 40.9 Å². The van der Waals surface area contributed by atoms with E-state index in [1.54, 1.807) is 6.07 Å². The van der Waals surface area contributed by atoms with Gasteiger partial charge in [-0.15, -0.1) is 0 Å². The fourth-order valence-corrected chi connectivity index (χ4v) is 2.30. The lowest BCUT2D eigenvalue weighted by atomic mass is 10.1. The molecular formula is C16H17BrFNO. The number of nitrogens with two attached hydrogens (primary N) is 1. The van der Waals surface area contributed by atoms with Crippen molar-refractivity contribution < 1.29 is 9.13 Å². The molecule has 4 heteroatoms. The van der Waals surface area contributed by atoms with Crippen molar-refractivity contribution >= 4 is 15.9 Å². The quantitative estimate of drug-likeness (QED) is 0.891. The van der Waals surface area contributed by atoms with Gasteiger partial charge in [-0.2, -0.15) is 0 Å². The molecule has 0 heterocycles. The monoisotopic (exact) mass is 337 g/mol. The van der Waals surface area contributed by atoms with E-state index in [9.17, 15) is 4.39 Å². The molecule has 2 rings (SSSR count). The van der Waals surface area contributed by atoms with Gasteiger partial charge in [0.1, 0.15) is 18.2 Å². The molecule has 0 radical (unpaired) electrons. The molecule has 0 aliphatic rings. The zero-order chi connectivity index (χ0) is 14.7. The van der Waals surface area contributed by atoms with Crippen LogP contribution in [0.4, 0.5) is 4.39 Å². The van der Waals surface area contributed by atoms with E-state index in [-0.39, 0.29) is 11.9 Å². The maximum Gasteiger partial charge on any atom is 0.125 e. The molecule has 106 valence electrons. The van der Waals surface area contributed by atoms with Crippen molar-refractivity contribution in [2.24, 2.45) is 5.73 Å². The topological polar surface area (TPSA) is 35.2 Å². The van der Waals surface area contributed by atoms with Gasteiger partial charge in [-0.25, -0.2) is 4.39 Å². The molecule has 20 heavy (non-hydrogen) atoms. The molecule has 0 spiro atoms. The average molecular weight is 338 g/mol. The third kappa shape index (κ3) is 3.58. The van der Waals surface area contributed by atoms with Crippen LogP contribution in [-0.2, 0) is 6.61 Å². The van der Waals surface area contributed by atoms with Crippen molar-refractivity contribution in [2.45, 2.75) is 26.5 Å². The summed E-state index contributed by atoms with van der Waals surface area (Å²) in [4.78, 5) is 0. The van der Waals surface area contributed by atoms with E-state index in [2.05, 4.69) is 15.9 Å². The Bertz CT molecular complexity index is 613. The fraction of sp³-hybridized carbons (Fsp3) is 0.250. The minimum absolute atomic E-state index is 0.119. The highest BCUT2D eigenvalue weighted by Gasteiger charge is 2.10. The van der Waals surface area contributed by atoms with Crippen molar-refractivity contribution in [3.8, 4) is 5.75 Å². The second kappa shape index (κ2) is 6.37. The zero-order valence-corrected chi connectivity index (χ0v) is 13.1. The molecule has 0 aliphatic carbocycles. The predicted molar refractivity (Wildman–Crippen MR) is 82.2 cm³/mol. The van der Waals surface area contributed by atoms with Crippen LogP contribution >= 0.6 is 15.9 Å². The lowest BCUT2D eigenvalue weighted by Gasteiger charge is -2.15. The summed E-state index contributed by atoms with van der Waals surface area (Å²) < 4.78 is 20.0. The second-order valence-corrected chi connectivity index (χ2v) is 5.75. The van der Waals surface area contributed by atoms with Crippen LogP contribution in [0.1, 0.15) is 29.7 Å². The first-order valence-corrected chi connectivity index (χ1v) is 7.19. The fourth-order valence-electron chi connectivity index (χ4n) is 1.96. The molecule has 2 N–H and O–H groups in total. The number of ether oxygens (including phenoxy) is 1.